The molecule has 3 nitrogen and oxygen atoms in total. The van der Waals surface area contributed by atoms with Crippen LogP contribution >= 0.6 is 15.9 Å². The Morgan fingerprint density at radius 1 is 1.32 bits per heavy atom. The molecule has 0 atom stereocenters. The summed E-state index contributed by atoms with van der Waals surface area (Å²) >= 11 is 3.63. The number of hydrogen-bond acceptors (Lipinski definition) is 3. The second-order valence-electron chi connectivity index (χ2n) is 4.69. The van der Waals surface area contributed by atoms with Gasteiger partial charge in [0.1, 0.15) is 0 Å². The molecular weight excluding hydrogens is 304 g/mol. The van der Waals surface area contributed by atoms with Crippen LogP contribution in [-0.4, -0.2) is 31.3 Å². The molecule has 1 aromatic carbocycles. The van der Waals surface area contributed by atoms with Gasteiger partial charge in [-0.1, -0.05) is 35.8 Å². The number of nitrogens with one attached hydrogen (secondary N) is 1. The van der Waals surface area contributed by atoms with Crippen molar-refractivity contribution >= 4 is 21.6 Å². The van der Waals surface area contributed by atoms with E-state index < -0.39 is 0 Å². The second kappa shape index (κ2) is 8.56. The van der Waals surface area contributed by atoms with Crippen molar-refractivity contribution < 1.29 is 5.11 Å². The lowest BCUT2D eigenvalue weighted by Gasteiger charge is -2.32. The quantitative estimate of drug-likeness (QED) is 0.769. The fraction of sp³-hybridized carbons (Fsp3) is 0.600. The zero-order valence-electron chi connectivity index (χ0n) is 12.1. The van der Waals surface area contributed by atoms with E-state index in [9.17, 15) is 5.11 Å². The van der Waals surface area contributed by atoms with Crippen LogP contribution in [0.25, 0.3) is 0 Å². The van der Waals surface area contributed by atoms with Gasteiger partial charge in [0.25, 0.3) is 0 Å². The standard InChI is InChI=1S/C15H25BrN2O/c1-4-13(5-2)18(8-9-19)14-7-6-12(11-17-3)15(16)10-14/h6-7,10,13,17,19H,4-5,8-9,11H2,1-3H3. The monoisotopic (exact) mass is 328 g/mol. The summed E-state index contributed by atoms with van der Waals surface area (Å²) in [5.74, 6) is 0. The summed E-state index contributed by atoms with van der Waals surface area (Å²) in [4.78, 5) is 2.30. The normalized spacial score (nSPS) is 11.1. The first kappa shape index (κ1) is 16.5. The van der Waals surface area contributed by atoms with E-state index in [1.54, 1.807) is 0 Å². The molecule has 2 N–H and O–H groups in total. The highest BCUT2D eigenvalue weighted by atomic mass is 79.9. The van der Waals surface area contributed by atoms with Crippen molar-refractivity contribution in [2.24, 2.45) is 0 Å². The van der Waals surface area contributed by atoms with Crippen LogP contribution in [-0.2, 0) is 6.54 Å². The van der Waals surface area contributed by atoms with Crippen molar-refractivity contribution in [1.29, 1.82) is 0 Å². The molecule has 0 amide bonds. The zero-order chi connectivity index (χ0) is 14.3. The van der Waals surface area contributed by atoms with Gasteiger partial charge in [0.2, 0.25) is 0 Å². The summed E-state index contributed by atoms with van der Waals surface area (Å²) in [5.41, 5.74) is 2.43. The smallest absolute Gasteiger partial charge is 0.0606 e. The van der Waals surface area contributed by atoms with Gasteiger partial charge in [0, 0.05) is 29.3 Å². The molecule has 0 fully saturated rings. The van der Waals surface area contributed by atoms with Crippen LogP contribution < -0.4 is 10.2 Å². The summed E-state index contributed by atoms with van der Waals surface area (Å²) < 4.78 is 1.12. The lowest BCUT2D eigenvalue weighted by atomic mass is 10.1. The van der Waals surface area contributed by atoms with Gasteiger partial charge in [0.05, 0.1) is 6.61 Å². The molecule has 0 aliphatic heterocycles. The molecule has 0 saturated carbocycles. The van der Waals surface area contributed by atoms with Crippen molar-refractivity contribution in [3.05, 3.63) is 28.2 Å². The van der Waals surface area contributed by atoms with E-state index in [4.69, 9.17) is 0 Å². The van der Waals surface area contributed by atoms with Gasteiger partial charge in [0.15, 0.2) is 0 Å². The highest BCUT2D eigenvalue weighted by molar-refractivity contribution is 9.10. The third-order valence-corrected chi connectivity index (χ3v) is 4.20. The maximum absolute atomic E-state index is 9.28. The average Bonchev–Trinajstić information content (AvgIpc) is 2.41. The van der Waals surface area contributed by atoms with Gasteiger partial charge in [-0.15, -0.1) is 0 Å². The Balaban J connectivity index is 2.99. The summed E-state index contributed by atoms with van der Waals surface area (Å²) in [7, 11) is 1.95. The van der Waals surface area contributed by atoms with E-state index in [1.807, 2.05) is 7.05 Å². The summed E-state index contributed by atoms with van der Waals surface area (Å²) in [6.45, 7) is 6.12. The molecule has 0 aliphatic rings. The van der Waals surface area contributed by atoms with Crippen LogP contribution in [0.3, 0.4) is 0 Å². The minimum absolute atomic E-state index is 0.187. The first-order valence-corrected chi connectivity index (χ1v) is 7.77. The Bertz CT molecular complexity index is 380. The molecule has 0 aliphatic carbocycles. The van der Waals surface area contributed by atoms with Gasteiger partial charge >= 0.3 is 0 Å². The molecule has 0 bridgehead atoms. The number of benzene rings is 1. The van der Waals surface area contributed by atoms with Crippen LogP contribution in [0.15, 0.2) is 22.7 Å². The minimum Gasteiger partial charge on any atom is -0.395 e. The van der Waals surface area contributed by atoms with Crippen molar-refractivity contribution in [1.82, 2.24) is 5.32 Å². The Kier molecular flexibility index (Phi) is 7.42. The van der Waals surface area contributed by atoms with E-state index in [0.29, 0.717) is 12.6 Å². The molecular formula is C15H25BrN2O. The summed E-state index contributed by atoms with van der Waals surface area (Å²) in [5, 5.41) is 12.4. The van der Waals surface area contributed by atoms with Gasteiger partial charge < -0.3 is 15.3 Å². The molecule has 1 rings (SSSR count). The molecule has 0 unspecified atom stereocenters. The van der Waals surface area contributed by atoms with E-state index in [2.05, 4.69) is 58.2 Å². The first-order valence-electron chi connectivity index (χ1n) is 6.98. The average molecular weight is 329 g/mol. The number of nitrogens with zero attached hydrogens (tertiary/aromatic N) is 1. The van der Waals surface area contributed by atoms with Gasteiger partial charge in [-0.3, -0.25) is 0 Å². The zero-order valence-corrected chi connectivity index (χ0v) is 13.7. The first-order chi connectivity index (χ1) is 9.17. The van der Waals surface area contributed by atoms with E-state index >= 15 is 0 Å². The molecule has 0 radical (unpaired) electrons. The predicted molar refractivity (Wildman–Crippen MR) is 85.7 cm³/mol. The number of aliphatic hydroxyl groups excluding tert-OH is 1. The third-order valence-electron chi connectivity index (χ3n) is 3.46. The van der Waals surface area contributed by atoms with Crippen molar-refractivity contribution in [3.63, 3.8) is 0 Å². The number of aliphatic hydroxyl groups is 1. The van der Waals surface area contributed by atoms with Crippen LogP contribution in [0.4, 0.5) is 5.69 Å². The summed E-state index contributed by atoms with van der Waals surface area (Å²) in [6.07, 6.45) is 2.18. The number of hydrogen-bond donors (Lipinski definition) is 2. The molecule has 0 heterocycles. The van der Waals surface area contributed by atoms with Gasteiger partial charge in [-0.2, -0.15) is 0 Å². The van der Waals surface area contributed by atoms with Crippen molar-refractivity contribution in [3.8, 4) is 0 Å². The maximum atomic E-state index is 9.28. The molecule has 108 valence electrons. The predicted octanol–water partition coefficient (Wildman–Crippen LogP) is 3.16. The minimum atomic E-state index is 0.187. The Labute approximate surface area is 125 Å². The Morgan fingerprint density at radius 2 is 2.00 bits per heavy atom. The Hall–Kier alpha value is -0.580. The molecule has 4 heteroatoms. The van der Waals surface area contributed by atoms with Crippen molar-refractivity contribution in [2.75, 3.05) is 25.1 Å². The van der Waals surface area contributed by atoms with E-state index in [1.165, 1.54) is 11.3 Å². The largest absolute Gasteiger partial charge is 0.395 e. The maximum Gasteiger partial charge on any atom is 0.0606 e. The molecule has 0 aromatic heterocycles. The van der Waals surface area contributed by atoms with E-state index in [-0.39, 0.29) is 6.61 Å². The lowest BCUT2D eigenvalue weighted by molar-refractivity contribution is 0.296. The fourth-order valence-corrected chi connectivity index (χ4v) is 2.92. The number of rotatable bonds is 8. The third kappa shape index (κ3) is 4.48. The fourth-order valence-electron chi connectivity index (χ4n) is 2.41. The van der Waals surface area contributed by atoms with E-state index in [0.717, 1.165) is 23.9 Å². The molecule has 19 heavy (non-hydrogen) atoms. The lowest BCUT2D eigenvalue weighted by Crippen LogP contribution is -2.36. The highest BCUT2D eigenvalue weighted by Crippen LogP contribution is 2.26. The van der Waals surface area contributed by atoms with Crippen LogP contribution in [0.1, 0.15) is 32.3 Å². The number of halogens is 1. The molecule has 0 spiro atoms. The van der Waals surface area contributed by atoms with Crippen molar-refractivity contribution in [2.45, 2.75) is 39.3 Å². The Morgan fingerprint density at radius 3 is 2.47 bits per heavy atom. The highest BCUT2D eigenvalue weighted by Gasteiger charge is 2.16. The second-order valence-corrected chi connectivity index (χ2v) is 5.55. The topological polar surface area (TPSA) is 35.5 Å². The number of anilines is 1. The SMILES string of the molecule is CCC(CC)N(CCO)c1ccc(CNC)c(Br)c1. The summed E-state index contributed by atoms with van der Waals surface area (Å²) in [6, 6.07) is 6.92. The van der Waals surface area contributed by atoms with Crippen LogP contribution in [0.2, 0.25) is 0 Å². The van der Waals surface area contributed by atoms with Crippen LogP contribution in [0.5, 0.6) is 0 Å². The van der Waals surface area contributed by atoms with Gasteiger partial charge in [-0.05, 0) is 37.6 Å². The van der Waals surface area contributed by atoms with Crippen LogP contribution in [0, 0.1) is 0 Å². The van der Waals surface area contributed by atoms with Gasteiger partial charge in [-0.25, -0.2) is 0 Å². The molecule has 1 aromatic rings. The molecule has 0 saturated heterocycles.